The monoisotopic (exact) mass is 348 g/mol. The van der Waals surface area contributed by atoms with E-state index in [0.29, 0.717) is 18.4 Å². The molecule has 0 saturated carbocycles. The molecule has 0 radical (unpaired) electrons. The van der Waals surface area contributed by atoms with Crippen molar-refractivity contribution in [3.8, 4) is 11.1 Å². The molecule has 0 saturated heterocycles. The maximum absolute atomic E-state index is 11.5. The number of nitrogens with one attached hydrogen (secondary N) is 1. The smallest absolute Gasteiger partial charge is 0.264 e. The quantitative estimate of drug-likeness (QED) is 0.611. The van der Waals surface area contributed by atoms with Gasteiger partial charge in [-0.2, -0.15) is 8.42 Å². The van der Waals surface area contributed by atoms with Crippen molar-refractivity contribution in [1.82, 2.24) is 10.3 Å². The van der Waals surface area contributed by atoms with E-state index < -0.39 is 10.1 Å². The van der Waals surface area contributed by atoms with Gasteiger partial charge in [0.05, 0.1) is 12.9 Å². The first kappa shape index (κ1) is 18.1. The van der Waals surface area contributed by atoms with E-state index in [1.54, 1.807) is 25.4 Å². The molecular weight excluding hydrogens is 328 g/mol. The lowest BCUT2D eigenvalue weighted by atomic mass is 10.0. The van der Waals surface area contributed by atoms with Crippen LogP contribution >= 0.6 is 0 Å². The maximum Gasteiger partial charge on any atom is 0.264 e. The summed E-state index contributed by atoms with van der Waals surface area (Å²) in [4.78, 5) is 15.9. The first-order valence-corrected chi connectivity index (χ1v) is 9.32. The molecule has 0 atom stereocenters. The number of hydrogen-bond donors (Lipinski definition) is 1. The summed E-state index contributed by atoms with van der Waals surface area (Å²) in [6, 6.07) is 11.1. The Balaban J connectivity index is 1.95. The van der Waals surface area contributed by atoms with E-state index in [9.17, 15) is 13.2 Å². The number of hydrogen-bond acceptors (Lipinski definition) is 5. The molecule has 7 heteroatoms. The number of aromatic nitrogens is 1. The third-order valence-electron chi connectivity index (χ3n) is 3.41. The van der Waals surface area contributed by atoms with Crippen molar-refractivity contribution in [2.75, 3.05) is 19.9 Å². The minimum atomic E-state index is -3.38. The molecule has 2 rings (SSSR count). The van der Waals surface area contributed by atoms with Crippen LogP contribution in [0.4, 0.5) is 0 Å². The highest BCUT2D eigenvalue weighted by molar-refractivity contribution is 7.85. The van der Waals surface area contributed by atoms with E-state index in [1.807, 2.05) is 24.3 Å². The molecule has 0 aliphatic carbocycles. The van der Waals surface area contributed by atoms with Crippen LogP contribution in [0.1, 0.15) is 22.5 Å². The minimum absolute atomic E-state index is 0.119. The molecule has 0 aliphatic heterocycles. The van der Waals surface area contributed by atoms with E-state index >= 15 is 0 Å². The highest BCUT2D eigenvalue weighted by Crippen LogP contribution is 2.19. The molecular formula is C17H20N2O4S. The SMILES string of the molecule is CNC(=O)c1ccc(-c2ccc(CCCOS(C)(=O)=O)nc2)cc1. The van der Waals surface area contributed by atoms with Crippen molar-refractivity contribution in [3.63, 3.8) is 0 Å². The van der Waals surface area contributed by atoms with Crippen LogP contribution in [-0.2, 0) is 20.7 Å². The summed E-state index contributed by atoms with van der Waals surface area (Å²) in [5.41, 5.74) is 3.41. The zero-order valence-corrected chi connectivity index (χ0v) is 14.5. The van der Waals surface area contributed by atoms with Crippen molar-refractivity contribution >= 4 is 16.0 Å². The summed E-state index contributed by atoms with van der Waals surface area (Å²) < 4.78 is 26.4. The van der Waals surface area contributed by atoms with Gasteiger partial charge in [0.1, 0.15) is 0 Å². The maximum atomic E-state index is 11.5. The van der Waals surface area contributed by atoms with Crippen molar-refractivity contribution in [2.45, 2.75) is 12.8 Å². The van der Waals surface area contributed by atoms with Crippen LogP contribution in [0.2, 0.25) is 0 Å². The fraction of sp³-hybridized carbons (Fsp3) is 0.294. The van der Waals surface area contributed by atoms with Gasteiger partial charge in [0.25, 0.3) is 16.0 Å². The van der Waals surface area contributed by atoms with Gasteiger partial charge in [-0.15, -0.1) is 0 Å². The molecule has 24 heavy (non-hydrogen) atoms. The average Bonchev–Trinajstić information content (AvgIpc) is 2.58. The number of amides is 1. The molecule has 0 spiro atoms. The van der Waals surface area contributed by atoms with Crippen LogP contribution in [0.5, 0.6) is 0 Å². The van der Waals surface area contributed by atoms with Crippen molar-refractivity contribution in [2.24, 2.45) is 0 Å². The normalized spacial score (nSPS) is 11.2. The van der Waals surface area contributed by atoms with Gasteiger partial charge in [-0.05, 0) is 36.6 Å². The first-order chi connectivity index (χ1) is 11.4. The van der Waals surface area contributed by atoms with Gasteiger partial charge in [-0.3, -0.25) is 14.0 Å². The second-order valence-corrected chi connectivity index (χ2v) is 6.97. The standard InChI is InChI=1S/C17H20N2O4S/c1-18-17(20)14-7-5-13(6-8-14)15-9-10-16(19-12-15)4-3-11-23-24(2,21)22/h5-10,12H,3-4,11H2,1-2H3,(H,18,20). The first-order valence-electron chi connectivity index (χ1n) is 7.51. The van der Waals surface area contributed by atoms with Gasteiger partial charge in [-0.1, -0.05) is 18.2 Å². The Morgan fingerprint density at radius 1 is 1.12 bits per heavy atom. The number of carbonyl (C=O) groups excluding carboxylic acids is 1. The Labute approximate surface area is 142 Å². The molecule has 0 bridgehead atoms. The van der Waals surface area contributed by atoms with E-state index in [2.05, 4.69) is 10.3 Å². The lowest BCUT2D eigenvalue weighted by Gasteiger charge is -2.05. The molecule has 0 unspecified atom stereocenters. The molecule has 1 amide bonds. The lowest BCUT2D eigenvalue weighted by molar-refractivity contribution is 0.0963. The largest absolute Gasteiger partial charge is 0.355 e. The molecule has 6 nitrogen and oxygen atoms in total. The highest BCUT2D eigenvalue weighted by atomic mass is 32.2. The summed E-state index contributed by atoms with van der Waals surface area (Å²) in [6.45, 7) is 0.156. The third kappa shape index (κ3) is 5.43. The van der Waals surface area contributed by atoms with Gasteiger partial charge in [0.15, 0.2) is 0 Å². The number of benzene rings is 1. The van der Waals surface area contributed by atoms with E-state index in [4.69, 9.17) is 4.18 Å². The predicted octanol–water partition coefficient (Wildman–Crippen LogP) is 2.02. The van der Waals surface area contributed by atoms with Crippen molar-refractivity contribution in [1.29, 1.82) is 0 Å². The Kier molecular flexibility index (Phi) is 6.05. The Morgan fingerprint density at radius 3 is 2.33 bits per heavy atom. The lowest BCUT2D eigenvalue weighted by Crippen LogP contribution is -2.17. The number of nitrogens with zero attached hydrogens (tertiary/aromatic N) is 1. The summed E-state index contributed by atoms with van der Waals surface area (Å²) >= 11 is 0. The van der Waals surface area contributed by atoms with Crippen LogP contribution in [0.3, 0.4) is 0 Å². The predicted molar refractivity (Wildman–Crippen MR) is 92.2 cm³/mol. The Bertz CT molecular complexity index is 784. The summed E-state index contributed by atoms with van der Waals surface area (Å²) in [6.07, 6.45) is 4.03. The summed E-state index contributed by atoms with van der Waals surface area (Å²) in [7, 11) is -1.78. The number of rotatable bonds is 7. The molecule has 0 fully saturated rings. The van der Waals surface area contributed by atoms with Crippen molar-refractivity contribution < 1.29 is 17.4 Å². The fourth-order valence-electron chi connectivity index (χ4n) is 2.17. The van der Waals surface area contributed by atoms with E-state index in [-0.39, 0.29) is 12.5 Å². The molecule has 128 valence electrons. The van der Waals surface area contributed by atoms with Gasteiger partial charge in [-0.25, -0.2) is 0 Å². The number of aryl methyl sites for hydroxylation is 1. The molecule has 1 N–H and O–H groups in total. The fourth-order valence-corrected chi connectivity index (χ4v) is 2.59. The molecule has 1 aromatic heterocycles. The Morgan fingerprint density at radius 2 is 1.79 bits per heavy atom. The Hall–Kier alpha value is -2.25. The zero-order valence-electron chi connectivity index (χ0n) is 13.7. The van der Waals surface area contributed by atoms with Crippen LogP contribution in [0.25, 0.3) is 11.1 Å². The van der Waals surface area contributed by atoms with Crippen LogP contribution in [0, 0.1) is 0 Å². The minimum Gasteiger partial charge on any atom is -0.355 e. The van der Waals surface area contributed by atoms with Crippen LogP contribution in [-0.4, -0.2) is 39.2 Å². The van der Waals surface area contributed by atoms with E-state index in [0.717, 1.165) is 23.1 Å². The van der Waals surface area contributed by atoms with Gasteiger partial charge >= 0.3 is 0 Å². The van der Waals surface area contributed by atoms with Gasteiger partial charge in [0, 0.05) is 30.1 Å². The molecule has 2 aromatic rings. The third-order valence-corrected chi connectivity index (χ3v) is 4.00. The second kappa shape index (κ2) is 8.03. The summed E-state index contributed by atoms with van der Waals surface area (Å²) in [5, 5.41) is 2.58. The van der Waals surface area contributed by atoms with Crippen LogP contribution < -0.4 is 5.32 Å². The highest BCUT2D eigenvalue weighted by Gasteiger charge is 2.05. The second-order valence-electron chi connectivity index (χ2n) is 5.32. The average molecular weight is 348 g/mol. The van der Waals surface area contributed by atoms with Crippen molar-refractivity contribution in [3.05, 3.63) is 53.9 Å². The summed E-state index contributed by atoms with van der Waals surface area (Å²) in [5.74, 6) is -0.119. The number of carbonyl (C=O) groups is 1. The van der Waals surface area contributed by atoms with Gasteiger partial charge in [0.2, 0.25) is 0 Å². The topological polar surface area (TPSA) is 85.4 Å². The molecule has 1 aromatic carbocycles. The zero-order chi connectivity index (χ0) is 17.6. The molecule has 1 heterocycles. The number of pyridine rings is 1. The van der Waals surface area contributed by atoms with Crippen LogP contribution in [0.15, 0.2) is 42.6 Å². The van der Waals surface area contributed by atoms with Gasteiger partial charge < -0.3 is 5.32 Å². The molecule has 0 aliphatic rings. The van der Waals surface area contributed by atoms with E-state index in [1.165, 1.54) is 0 Å².